The molecule has 2 atom stereocenters. The molecule has 1 aromatic heterocycles. The highest BCUT2D eigenvalue weighted by atomic mass is 16.6. The molecular weight excluding hydrogens is 314 g/mol. The molecule has 2 aliphatic rings. The molecule has 1 saturated heterocycles. The van der Waals surface area contributed by atoms with E-state index in [1.807, 2.05) is 25.7 Å². The summed E-state index contributed by atoms with van der Waals surface area (Å²) in [5.74, 6) is 1.71. The van der Waals surface area contributed by atoms with Crippen molar-refractivity contribution < 1.29 is 9.53 Å². The van der Waals surface area contributed by atoms with Gasteiger partial charge in [-0.15, -0.1) is 0 Å². The number of likely N-dealkylation sites (tertiary alicyclic amines) is 1. The van der Waals surface area contributed by atoms with Crippen molar-refractivity contribution in [3.05, 3.63) is 28.9 Å². The van der Waals surface area contributed by atoms with Gasteiger partial charge in [0.1, 0.15) is 5.60 Å². The lowest BCUT2D eigenvalue weighted by molar-refractivity contribution is 0.0285. The number of aryl methyl sites for hydroxylation is 2. The third kappa shape index (κ3) is 3.70. The van der Waals surface area contributed by atoms with Crippen molar-refractivity contribution in [1.82, 2.24) is 14.9 Å². The number of amides is 1. The van der Waals surface area contributed by atoms with Crippen LogP contribution in [0.2, 0.25) is 0 Å². The predicted octanol–water partition coefficient (Wildman–Crippen LogP) is 3.93. The summed E-state index contributed by atoms with van der Waals surface area (Å²) in [4.78, 5) is 23.6. The Bertz CT molecular complexity index is 695. The highest BCUT2D eigenvalue weighted by molar-refractivity contribution is 5.70. The Hall–Kier alpha value is -1.91. The third-order valence-electron chi connectivity index (χ3n) is 5.10. The van der Waals surface area contributed by atoms with Gasteiger partial charge in [0.15, 0.2) is 5.82 Å². The molecule has 0 aromatic carbocycles. The fraction of sp³-hybridized carbons (Fsp3) is 0.650. The number of hydrogen-bond acceptors (Lipinski definition) is 4. The van der Waals surface area contributed by atoms with Gasteiger partial charge in [-0.25, -0.2) is 14.8 Å². The van der Waals surface area contributed by atoms with Gasteiger partial charge < -0.3 is 9.64 Å². The molecule has 2 unspecified atom stereocenters. The van der Waals surface area contributed by atoms with Gasteiger partial charge in [-0.3, -0.25) is 0 Å². The lowest BCUT2D eigenvalue weighted by Crippen LogP contribution is -2.35. The Morgan fingerprint density at radius 2 is 1.88 bits per heavy atom. The molecule has 1 aliphatic heterocycles. The monoisotopic (exact) mass is 343 g/mol. The zero-order chi connectivity index (χ0) is 18.4. The van der Waals surface area contributed by atoms with Crippen LogP contribution in [0.15, 0.2) is 6.08 Å². The normalized spacial score (nSPS) is 22.8. The number of hydrogen-bond donors (Lipinski definition) is 0. The van der Waals surface area contributed by atoms with Gasteiger partial charge >= 0.3 is 6.09 Å². The standard InChI is InChI=1S/C20H29N3O2/c1-7-17-12(2)21-18(22-13(17)3)14-8-15-10-23(11-16(15)9-14)19(24)25-20(4,5)6/h8,15-16H,7,9-11H2,1-6H3. The predicted molar refractivity (Wildman–Crippen MR) is 98.3 cm³/mol. The van der Waals surface area contributed by atoms with Crippen LogP contribution in [0.4, 0.5) is 4.79 Å². The largest absolute Gasteiger partial charge is 0.444 e. The van der Waals surface area contributed by atoms with E-state index in [1.165, 1.54) is 11.1 Å². The Morgan fingerprint density at radius 3 is 2.40 bits per heavy atom. The Balaban J connectivity index is 1.72. The van der Waals surface area contributed by atoms with Gasteiger partial charge in [0.2, 0.25) is 0 Å². The minimum absolute atomic E-state index is 0.202. The summed E-state index contributed by atoms with van der Waals surface area (Å²) in [7, 11) is 0. The van der Waals surface area contributed by atoms with Gasteiger partial charge in [-0.1, -0.05) is 13.0 Å². The minimum atomic E-state index is -0.445. The molecular formula is C20H29N3O2. The van der Waals surface area contributed by atoms with E-state index in [0.29, 0.717) is 11.8 Å². The van der Waals surface area contributed by atoms with Gasteiger partial charge in [0, 0.05) is 30.4 Å². The fourth-order valence-corrected chi connectivity index (χ4v) is 3.95. The zero-order valence-electron chi connectivity index (χ0n) is 16.2. The lowest BCUT2D eigenvalue weighted by atomic mass is 10.00. The molecule has 0 radical (unpaired) electrons. The van der Waals surface area contributed by atoms with Crippen molar-refractivity contribution in [2.45, 2.75) is 60.0 Å². The Labute approximate surface area is 150 Å². The number of ether oxygens (including phenoxy) is 1. The number of rotatable bonds is 2. The van der Waals surface area contributed by atoms with Crippen molar-refractivity contribution in [2.75, 3.05) is 13.1 Å². The molecule has 5 nitrogen and oxygen atoms in total. The lowest BCUT2D eigenvalue weighted by Gasteiger charge is -2.24. The van der Waals surface area contributed by atoms with Crippen LogP contribution in [0.3, 0.4) is 0 Å². The van der Waals surface area contributed by atoms with E-state index in [9.17, 15) is 4.79 Å². The first-order valence-electron chi connectivity index (χ1n) is 9.21. The van der Waals surface area contributed by atoms with Crippen LogP contribution in [-0.4, -0.2) is 39.7 Å². The smallest absolute Gasteiger partial charge is 0.410 e. The van der Waals surface area contributed by atoms with E-state index in [1.54, 1.807) is 0 Å². The SMILES string of the molecule is CCc1c(C)nc(C2=CC3CN(C(=O)OC(C)(C)C)CC3C2)nc1C. The van der Waals surface area contributed by atoms with Gasteiger partial charge in [0.25, 0.3) is 0 Å². The quantitative estimate of drug-likeness (QED) is 0.816. The molecule has 0 saturated carbocycles. The van der Waals surface area contributed by atoms with Crippen molar-refractivity contribution in [3.63, 3.8) is 0 Å². The molecule has 1 amide bonds. The first-order valence-corrected chi connectivity index (χ1v) is 9.21. The average Bonchev–Trinajstić information content (AvgIpc) is 3.03. The first-order chi connectivity index (χ1) is 11.7. The Morgan fingerprint density at radius 1 is 1.24 bits per heavy atom. The maximum Gasteiger partial charge on any atom is 0.410 e. The van der Waals surface area contributed by atoms with Crippen molar-refractivity contribution >= 4 is 11.7 Å². The second kappa shape index (κ2) is 6.43. The molecule has 0 N–H and O–H groups in total. The van der Waals surface area contributed by atoms with Crippen molar-refractivity contribution in [1.29, 1.82) is 0 Å². The zero-order valence-corrected chi connectivity index (χ0v) is 16.2. The van der Waals surface area contributed by atoms with E-state index in [0.717, 1.165) is 43.1 Å². The van der Waals surface area contributed by atoms with E-state index in [2.05, 4.69) is 26.8 Å². The second-order valence-corrected chi connectivity index (χ2v) is 8.26. The third-order valence-corrected chi connectivity index (χ3v) is 5.10. The Kier molecular flexibility index (Phi) is 4.60. The maximum absolute atomic E-state index is 12.3. The molecule has 2 heterocycles. The molecule has 1 aromatic rings. The van der Waals surface area contributed by atoms with E-state index >= 15 is 0 Å². The van der Waals surface area contributed by atoms with Crippen molar-refractivity contribution in [3.8, 4) is 0 Å². The number of aromatic nitrogens is 2. The molecule has 1 aliphatic carbocycles. The van der Waals surface area contributed by atoms with Crippen LogP contribution in [0.25, 0.3) is 5.57 Å². The van der Waals surface area contributed by atoms with E-state index in [4.69, 9.17) is 14.7 Å². The highest BCUT2D eigenvalue weighted by Crippen LogP contribution is 2.40. The van der Waals surface area contributed by atoms with E-state index < -0.39 is 5.60 Å². The van der Waals surface area contributed by atoms with Crippen molar-refractivity contribution in [2.24, 2.45) is 11.8 Å². The number of nitrogens with zero attached hydrogens (tertiary/aromatic N) is 3. The summed E-state index contributed by atoms with van der Waals surface area (Å²) < 4.78 is 5.50. The van der Waals surface area contributed by atoms with Gasteiger partial charge in [-0.2, -0.15) is 0 Å². The average molecular weight is 343 g/mol. The molecule has 0 bridgehead atoms. The van der Waals surface area contributed by atoms with Gasteiger partial charge in [0.05, 0.1) is 0 Å². The van der Waals surface area contributed by atoms with Crippen LogP contribution in [0, 0.1) is 25.7 Å². The first kappa shape index (κ1) is 17.9. The summed E-state index contributed by atoms with van der Waals surface area (Å²) in [6, 6.07) is 0. The van der Waals surface area contributed by atoms with Crippen LogP contribution in [0.5, 0.6) is 0 Å². The molecule has 0 spiro atoms. The van der Waals surface area contributed by atoms with Crippen LogP contribution >= 0.6 is 0 Å². The molecule has 3 rings (SSSR count). The fourth-order valence-electron chi connectivity index (χ4n) is 3.95. The minimum Gasteiger partial charge on any atom is -0.444 e. The highest BCUT2D eigenvalue weighted by Gasteiger charge is 2.40. The summed E-state index contributed by atoms with van der Waals surface area (Å²) in [6.07, 6.45) is 3.98. The summed E-state index contributed by atoms with van der Waals surface area (Å²) in [5.41, 5.74) is 4.20. The summed E-state index contributed by atoms with van der Waals surface area (Å²) in [5, 5.41) is 0. The molecule has 25 heavy (non-hydrogen) atoms. The van der Waals surface area contributed by atoms with Crippen LogP contribution < -0.4 is 0 Å². The van der Waals surface area contributed by atoms with E-state index in [-0.39, 0.29) is 6.09 Å². The van der Waals surface area contributed by atoms with Gasteiger partial charge in [-0.05, 0) is 64.5 Å². The van der Waals surface area contributed by atoms with Crippen LogP contribution in [0.1, 0.15) is 56.9 Å². The number of fused-ring (bicyclic) bond motifs is 1. The second-order valence-electron chi connectivity index (χ2n) is 8.26. The molecule has 5 heteroatoms. The molecule has 136 valence electrons. The number of carbonyl (C=O) groups excluding carboxylic acids is 1. The topological polar surface area (TPSA) is 55.3 Å². The number of allylic oxidation sites excluding steroid dienone is 1. The summed E-state index contributed by atoms with van der Waals surface area (Å²) >= 11 is 0. The maximum atomic E-state index is 12.3. The molecule has 1 fully saturated rings. The number of carbonyl (C=O) groups is 1. The van der Waals surface area contributed by atoms with Crippen LogP contribution in [-0.2, 0) is 11.2 Å². The summed E-state index contributed by atoms with van der Waals surface area (Å²) in [6.45, 7) is 13.5.